The molecule has 5 rings (SSSR count). The third-order valence-corrected chi connectivity index (χ3v) is 5.03. The molecule has 0 spiro atoms. The van der Waals surface area contributed by atoms with Crippen LogP contribution in [-0.2, 0) is 32.3 Å². The zero-order valence-electron chi connectivity index (χ0n) is 17.8. The number of allylic oxidation sites excluding steroid dienone is 4. The van der Waals surface area contributed by atoms with Crippen LogP contribution in [0.3, 0.4) is 0 Å². The molecule has 1 nitrogen and oxygen atoms in total. The first-order valence-electron chi connectivity index (χ1n) is 9.81. The van der Waals surface area contributed by atoms with Gasteiger partial charge in [0, 0.05) is 11.9 Å². The SMILES string of the molecule is Cc1cc(C)n(-c2cc3ccccc3[cH-]2)c1.[C-]1=C(Cc2ccccc2)C=CC1.[Cl-].[Cl-].[Hf+4]. The van der Waals surface area contributed by atoms with Crippen molar-refractivity contribution in [1.29, 1.82) is 0 Å². The predicted molar refractivity (Wildman–Crippen MR) is 119 cm³/mol. The molecule has 1 aliphatic rings. The molecule has 0 saturated heterocycles. The van der Waals surface area contributed by atoms with Gasteiger partial charge in [-0.15, -0.1) is 47.5 Å². The summed E-state index contributed by atoms with van der Waals surface area (Å²) < 4.78 is 2.25. The maximum atomic E-state index is 3.31. The largest absolute Gasteiger partial charge is 4.00 e. The second-order valence-electron chi connectivity index (χ2n) is 7.34. The quantitative estimate of drug-likeness (QED) is 0.240. The third kappa shape index (κ3) is 7.14. The summed E-state index contributed by atoms with van der Waals surface area (Å²) in [6, 6.07) is 25.7. The summed E-state index contributed by atoms with van der Waals surface area (Å²) >= 11 is 0. The number of nitrogens with zero attached hydrogens (tertiary/aromatic N) is 1. The van der Waals surface area contributed by atoms with Gasteiger partial charge >= 0.3 is 25.8 Å². The molecule has 1 aromatic heterocycles. The Labute approximate surface area is 216 Å². The predicted octanol–water partition coefficient (Wildman–Crippen LogP) is 0.890. The van der Waals surface area contributed by atoms with Crippen LogP contribution < -0.4 is 24.8 Å². The molecule has 0 aliphatic heterocycles. The summed E-state index contributed by atoms with van der Waals surface area (Å²) in [6.45, 7) is 4.27. The average Bonchev–Trinajstić information content (AvgIpc) is 3.43. The summed E-state index contributed by atoms with van der Waals surface area (Å²) in [4.78, 5) is 0. The van der Waals surface area contributed by atoms with Crippen molar-refractivity contribution >= 4 is 10.8 Å². The number of halogens is 2. The summed E-state index contributed by atoms with van der Waals surface area (Å²) in [6.07, 6.45) is 11.8. The molecule has 0 atom stereocenters. The number of hydrogen-bond acceptors (Lipinski definition) is 0. The standard InChI is InChI=1S/C15H14N.C12H11.2ClH.Hf/c1-11-7-12(2)16(10-11)15-8-13-5-3-4-6-14(13)9-15;1-2-6-11(7-3-1)10-12-8-4-5-9-12;;;/h3-10H,1-2H3;1-4,6-8H,5,10H2;2*1H;/q2*-1;;;+4/p-2. The Bertz CT molecular complexity index is 1100. The molecule has 0 fully saturated rings. The Morgan fingerprint density at radius 1 is 0.935 bits per heavy atom. The van der Waals surface area contributed by atoms with Gasteiger partial charge in [-0.1, -0.05) is 36.4 Å². The fourth-order valence-electron chi connectivity index (χ4n) is 3.68. The van der Waals surface area contributed by atoms with Crippen molar-refractivity contribution in [3.05, 3.63) is 120 Å². The van der Waals surface area contributed by atoms with Crippen LogP contribution in [0.25, 0.3) is 16.5 Å². The summed E-state index contributed by atoms with van der Waals surface area (Å²) in [7, 11) is 0. The van der Waals surface area contributed by atoms with Gasteiger partial charge in [0.25, 0.3) is 0 Å². The van der Waals surface area contributed by atoms with E-state index in [2.05, 4.69) is 110 Å². The van der Waals surface area contributed by atoms with Crippen LogP contribution in [0.15, 0.2) is 96.7 Å². The Morgan fingerprint density at radius 2 is 1.65 bits per heavy atom. The molecule has 156 valence electrons. The molecule has 3 aromatic carbocycles. The fourth-order valence-corrected chi connectivity index (χ4v) is 3.68. The summed E-state index contributed by atoms with van der Waals surface area (Å²) in [5.41, 5.74) is 6.54. The van der Waals surface area contributed by atoms with Gasteiger partial charge in [0.05, 0.1) is 0 Å². The van der Waals surface area contributed by atoms with Crippen LogP contribution in [0.2, 0.25) is 0 Å². The average molecular weight is 613 g/mol. The van der Waals surface area contributed by atoms with Gasteiger partial charge in [-0.3, -0.25) is 6.08 Å². The first-order valence-corrected chi connectivity index (χ1v) is 9.81. The Morgan fingerprint density at radius 3 is 2.26 bits per heavy atom. The molecule has 1 aliphatic carbocycles. The van der Waals surface area contributed by atoms with Crippen molar-refractivity contribution in [3.8, 4) is 5.69 Å². The molecule has 4 aromatic rings. The first kappa shape index (κ1) is 27.3. The van der Waals surface area contributed by atoms with E-state index in [0.717, 1.165) is 12.8 Å². The van der Waals surface area contributed by atoms with Crippen molar-refractivity contribution < 1.29 is 50.7 Å². The molecule has 0 radical (unpaired) electrons. The van der Waals surface area contributed by atoms with E-state index in [9.17, 15) is 0 Å². The van der Waals surface area contributed by atoms with Gasteiger partial charge in [0.1, 0.15) is 0 Å². The number of hydrogen-bond donors (Lipinski definition) is 0. The molecule has 0 saturated carbocycles. The van der Waals surface area contributed by atoms with Gasteiger partial charge in [0.15, 0.2) is 0 Å². The smallest absolute Gasteiger partial charge is 1.00 e. The maximum Gasteiger partial charge on any atom is 4.00 e. The minimum Gasteiger partial charge on any atom is -1.00 e. The molecule has 1 heterocycles. The second-order valence-corrected chi connectivity index (χ2v) is 7.34. The molecule has 0 amide bonds. The summed E-state index contributed by atoms with van der Waals surface area (Å²) in [5.74, 6) is 0. The van der Waals surface area contributed by atoms with E-state index in [-0.39, 0.29) is 50.7 Å². The van der Waals surface area contributed by atoms with E-state index in [4.69, 9.17) is 0 Å². The maximum absolute atomic E-state index is 3.31. The van der Waals surface area contributed by atoms with Crippen LogP contribution in [0.4, 0.5) is 0 Å². The van der Waals surface area contributed by atoms with Crippen molar-refractivity contribution in [2.45, 2.75) is 26.7 Å². The van der Waals surface area contributed by atoms with Crippen LogP contribution >= 0.6 is 0 Å². The van der Waals surface area contributed by atoms with Crippen molar-refractivity contribution in [3.63, 3.8) is 0 Å². The molecular weight excluding hydrogens is 588 g/mol. The van der Waals surface area contributed by atoms with Crippen LogP contribution in [0.1, 0.15) is 23.2 Å². The van der Waals surface area contributed by atoms with Crippen LogP contribution in [0.5, 0.6) is 0 Å². The Balaban J connectivity index is 0.000000292. The topological polar surface area (TPSA) is 4.93 Å². The first-order chi connectivity index (χ1) is 13.7. The number of benzene rings is 2. The van der Waals surface area contributed by atoms with Gasteiger partial charge in [-0.25, -0.2) is 11.6 Å². The fraction of sp³-hybridized carbons (Fsp3) is 0.148. The number of aryl methyl sites for hydroxylation is 2. The molecular formula is C27H25Cl2HfN. The molecule has 31 heavy (non-hydrogen) atoms. The van der Waals surface area contributed by atoms with E-state index in [1.54, 1.807) is 0 Å². The Hall–Kier alpha value is -1.74. The van der Waals surface area contributed by atoms with Crippen molar-refractivity contribution in [1.82, 2.24) is 4.57 Å². The number of rotatable bonds is 3. The third-order valence-electron chi connectivity index (χ3n) is 5.03. The van der Waals surface area contributed by atoms with Crippen LogP contribution in [-0.4, -0.2) is 4.57 Å². The summed E-state index contributed by atoms with van der Waals surface area (Å²) in [5, 5.41) is 2.62. The van der Waals surface area contributed by atoms with Gasteiger partial charge in [0.2, 0.25) is 0 Å². The number of aromatic nitrogens is 1. The van der Waals surface area contributed by atoms with Gasteiger partial charge < -0.3 is 29.4 Å². The van der Waals surface area contributed by atoms with Crippen molar-refractivity contribution in [2.75, 3.05) is 0 Å². The Kier molecular flexibility index (Phi) is 11.4. The minimum atomic E-state index is 0. The monoisotopic (exact) mass is 613 g/mol. The number of fused-ring (bicyclic) bond motifs is 1. The minimum absolute atomic E-state index is 0. The van der Waals surface area contributed by atoms with E-state index >= 15 is 0 Å². The van der Waals surface area contributed by atoms with Crippen molar-refractivity contribution in [2.24, 2.45) is 0 Å². The zero-order valence-corrected chi connectivity index (χ0v) is 22.9. The van der Waals surface area contributed by atoms with E-state index in [1.807, 2.05) is 6.07 Å². The van der Waals surface area contributed by atoms with E-state index in [1.165, 1.54) is 38.9 Å². The normalized spacial score (nSPS) is 11.5. The molecule has 4 heteroatoms. The van der Waals surface area contributed by atoms with Gasteiger partial charge in [-0.05, 0) is 43.1 Å². The van der Waals surface area contributed by atoms with Crippen LogP contribution in [0, 0.1) is 19.9 Å². The van der Waals surface area contributed by atoms with E-state index in [0.29, 0.717) is 0 Å². The zero-order chi connectivity index (χ0) is 19.3. The van der Waals surface area contributed by atoms with E-state index < -0.39 is 0 Å². The molecule has 0 N–H and O–H groups in total. The second kappa shape index (κ2) is 13.0. The molecule has 0 bridgehead atoms. The van der Waals surface area contributed by atoms with Gasteiger partial charge in [-0.2, -0.15) is 6.08 Å². The molecule has 0 unspecified atom stereocenters.